The van der Waals surface area contributed by atoms with E-state index in [1.165, 1.54) is 25.7 Å². The Morgan fingerprint density at radius 3 is 2.13 bits per heavy atom. The monoisotopic (exact) mass is 708 g/mol. The van der Waals surface area contributed by atoms with E-state index in [9.17, 15) is 0 Å². The molecule has 3 nitrogen and oxygen atoms in total. The van der Waals surface area contributed by atoms with Crippen molar-refractivity contribution >= 4 is 90.0 Å². The first-order valence-electron chi connectivity index (χ1n) is 14.7. The van der Waals surface area contributed by atoms with Crippen molar-refractivity contribution < 1.29 is 4.42 Å². The van der Waals surface area contributed by atoms with E-state index in [2.05, 4.69) is 127 Å². The van der Waals surface area contributed by atoms with Gasteiger partial charge in [-0.3, -0.25) is 0 Å². The molecule has 0 radical (unpaired) electrons. The number of nitrogens with zero attached hydrogens (tertiary/aromatic N) is 2. The Hall–Kier alpha value is -4.85. The predicted molar refractivity (Wildman–Crippen MR) is 203 cm³/mol. The second-order valence-corrected chi connectivity index (χ2v) is 16.2. The molecule has 0 N–H and O–H groups in total. The molecule has 5 heteroatoms. The van der Waals surface area contributed by atoms with Gasteiger partial charge in [0.05, 0.1) is 0 Å². The van der Waals surface area contributed by atoms with E-state index in [1.54, 1.807) is 0 Å². The third-order valence-electron chi connectivity index (χ3n) is 8.31. The zero-order chi connectivity index (χ0) is 29.9. The van der Waals surface area contributed by atoms with E-state index < -0.39 is 18.9 Å². The SMILES string of the molecule is C=I1=C(c2cccc3sc4ccccc4c23)N=C(c2cccc(-c3cccc4c3oc3ccccc34)c2)N=C1c1ccccc1. The molecule has 9 rings (SSSR count). The van der Waals surface area contributed by atoms with Gasteiger partial charge >= 0.3 is 0 Å². The van der Waals surface area contributed by atoms with Crippen LogP contribution in [0.25, 0.3) is 53.2 Å². The minimum absolute atomic E-state index is 0.719. The van der Waals surface area contributed by atoms with Gasteiger partial charge < -0.3 is 4.42 Å². The summed E-state index contributed by atoms with van der Waals surface area (Å²) in [7, 11) is 0. The molecule has 0 bridgehead atoms. The molecule has 6 aromatic carbocycles. The summed E-state index contributed by atoms with van der Waals surface area (Å²) < 4.78 is 15.9. The fourth-order valence-corrected chi connectivity index (χ4v) is 11.1. The fraction of sp³-hybridized carbons (Fsp3) is 0. The van der Waals surface area contributed by atoms with Gasteiger partial charge in [-0.25, -0.2) is 9.98 Å². The van der Waals surface area contributed by atoms with Crippen LogP contribution < -0.4 is 0 Å². The third-order valence-corrected chi connectivity index (χ3v) is 13.6. The average Bonchev–Trinajstić information content (AvgIpc) is 3.67. The molecule has 0 saturated carbocycles. The molecule has 2 aromatic heterocycles. The molecule has 0 spiro atoms. The zero-order valence-electron chi connectivity index (χ0n) is 24.1. The van der Waals surface area contributed by atoms with E-state index in [0.717, 1.165) is 57.4 Å². The second kappa shape index (κ2) is 10.6. The molecule has 0 unspecified atom stereocenters. The fourth-order valence-electron chi connectivity index (χ4n) is 6.23. The van der Waals surface area contributed by atoms with Gasteiger partial charge in [0.15, 0.2) is 5.84 Å². The standard InChI is InChI=1S/C40H25IN2OS/c1-41-38(25-12-3-2-4-13-25)42-40(43-39(41)32-20-11-23-35-36(32)31-17-6-8-22-34(31)45-35)27-15-9-14-26(24-27)28-18-10-19-30-29-16-5-7-21-33(29)44-37(28)30/h2-24H,1H2. The van der Waals surface area contributed by atoms with Gasteiger partial charge in [0.2, 0.25) is 0 Å². The molecule has 0 atom stereocenters. The molecule has 8 aromatic rings. The minimum atomic E-state index is -2.23. The van der Waals surface area contributed by atoms with Gasteiger partial charge in [0.1, 0.15) is 18.5 Å². The van der Waals surface area contributed by atoms with E-state index in [-0.39, 0.29) is 0 Å². The van der Waals surface area contributed by atoms with Crippen LogP contribution in [0.2, 0.25) is 0 Å². The zero-order valence-corrected chi connectivity index (χ0v) is 27.0. The number of hydrogen-bond acceptors (Lipinski definition) is 4. The van der Waals surface area contributed by atoms with Crippen LogP contribution in [0.3, 0.4) is 0 Å². The number of thiophene rings is 1. The molecule has 0 amide bonds. The lowest BCUT2D eigenvalue weighted by molar-refractivity contribution is 0.670. The summed E-state index contributed by atoms with van der Waals surface area (Å²) in [5.41, 5.74) is 7.17. The maximum Gasteiger partial charge on any atom is 0.161 e. The number of benzene rings is 6. The Morgan fingerprint density at radius 1 is 0.556 bits per heavy atom. The first-order valence-corrected chi connectivity index (χ1v) is 19.2. The van der Waals surface area contributed by atoms with E-state index in [1.807, 2.05) is 23.5 Å². The van der Waals surface area contributed by atoms with Crippen molar-refractivity contribution in [3.05, 3.63) is 156 Å². The Morgan fingerprint density at radius 2 is 1.22 bits per heavy atom. The Labute approximate surface area is 270 Å². The number of rotatable bonds is 4. The summed E-state index contributed by atoms with van der Waals surface area (Å²) in [4.78, 5) is 10.7. The Kier molecular flexibility index (Phi) is 6.28. The van der Waals surface area contributed by atoms with Crippen molar-refractivity contribution in [1.29, 1.82) is 0 Å². The average molecular weight is 709 g/mol. The number of amidine groups is 1. The van der Waals surface area contributed by atoms with E-state index >= 15 is 0 Å². The predicted octanol–water partition coefficient (Wildman–Crippen LogP) is 10.9. The largest absolute Gasteiger partial charge is 0.455 e. The van der Waals surface area contributed by atoms with Gasteiger partial charge in [-0.1, -0.05) is 139 Å². The molecule has 3 heterocycles. The number of hydrogen-bond donors (Lipinski definition) is 0. The first-order chi connectivity index (χ1) is 22.2. The van der Waals surface area contributed by atoms with Crippen molar-refractivity contribution in [2.45, 2.75) is 0 Å². The second-order valence-electron chi connectivity index (χ2n) is 11.0. The van der Waals surface area contributed by atoms with Gasteiger partial charge in [-0.05, 0) is 29.8 Å². The van der Waals surface area contributed by atoms with Crippen molar-refractivity contribution in [1.82, 2.24) is 0 Å². The summed E-state index contributed by atoms with van der Waals surface area (Å²) in [6, 6.07) is 48.9. The molecule has 1 aliphatic heterocycles. The normalized spacial score (nSPS) is 14.0. The highest BCUT2D eigenvalue weighted by molar-refractivity contribution is 14.2. The molecule has 45 heavy (non-hydrogen) atoms. The number of halogens is 1. The third kappa shape index (κ3) is 4.37. The molecule has 1 aliphatic rings. The topological polar surface area (TPSA) is 37.9 Å². The van der Waals surface area contributed by atoms with Crippen LogP contribution >= 0.6 is 30.2 Å². The molecule has 0 aliphatic carbocycles. The minimum Gasteiger partial charge on any atom is -0.455 e. The molecular weight excluding hydrogens is 683 g/mol. The smallest absolute Gasteiger partial charge is 0.161 e. The van der Waals surface area contributed by atoms with Crippen LogP contribution in [-0.2, 0) is 0 Å². The highest BCUT2D eigenvalue weighted by Crippen LogP contribution is 2.40. The quantitative estimate of drug-likeness (QED) is 0.168. The number of para-hydroxylation sites is 2. The number of aliphatic imine (C=N–C) groups is 2. The lowest BCUT2D eigenvalue weighted by Gasteiger charge is -2.17. The Bertz CT molecular complexity index is 2620. The molecule has 214 valence electrons. The maximum atomic E-state index is 6.39. The van der Waals surface area contributed by atoms with Crippen LogP contribution in [-0.4, -0.2) is 17.7 Å². The van der Waals surface area contributed by atoms with Gasteiger partial charge in [0, 0.05) is 53.2 Å². The van der Waals surface area contributed by atoms with Crippen molar-refractivity contribution in [3.63, 3.8) is 0 Å². The summed E-state index contributed by atoms with van der Waals surface area (Å²) >= 11 is -0.399. The highest BCUT2D eigenvalue weighted by Gasteiger charge is 2.21. The summed E-state index contributed by atoms with van der Waals surface area (Å²) in [5, 5.41) is 4.78. The maximum absolute atomic E-state index is 6.39. The van der Waals surface area contributed by atoms with Crippen molar-refractivity contribution in [3.8, 4) is 11.1 Å². The lowest BCUT2D eigenvalue weighted by Crippen LogP contribution is -2.13. The van der Waals surface area contributed by atoms with E-state index in [0.29, 0.717) is 0 Å². The van der Waals surface area contributed by atoms with Crippen molar-refractivity contribution in [2.75, 3.05) is 0 Å². The van der Waals surface area contributed by atoms with Gasteiger partial charge in [-0.2, -0.15) is 0 Å². The summed E-state index contributed by atoms with van der Waals surface area (Å²) in [6.45, 7) is 0. The lowest BCUT2D eigenvalue weighted by atomic mass is 10.00. The Balaban J connectivity index is 1.26. The van der Waals surface area contributed by atoms with Crippen LogP contribution in [0, 0.1) is 0 Å². The van der Waals surface area contributed by atoms with Gasteiger partial charge in [0.25, 0.3) is 0 Å². The molecular formula is C40H25IN2OS. The van der Waals surface area contributed by atoms with Crippen LogP contribution in [0.4, 0.5) is 0 Å². The summed E-state index contributed by atoms with van der Waals surface area (Å²) in [6.07, 6.45) is 0. The highest BCUT2D eigenvalue weighted by atomic mass is 127. The molecule has 0 saturated heterocycles. The van der Waals surface area contributed by atoms with Crippen LogP contribution in [0.1, 0.15) is 16.7 Å². The van der Waals surface area contributed by atoms with Gasteiger partial charge in [-0.15, -0.1) is 11.3 Å². The van der Waals surface area contributed by atoms with Crippen molar-refractivity contribution in [2.24, 2.45) is 9.98 Å². The molecule has 0 fully saturated rings. The number of furan rings is 1. The summed E-state index contributed by atoms with van der Waals surface area (Å²) in [5.74, 6) is 0.719. The van der Waals surface area contributed by atoms with Crippen LogP contribution in [0.5, 0.6) is 0 Å². The van der Waals surface area contributed by atoms with Crippen LogP contribution in [0.15, 0.2) is 154 Å². The first kappa shape index (κ1) is 26.5. The number of fused-ring (bicyclic) bond motifs is 6. The van der Waals surface area contributed by atoms with E-state index in [4.69, 9.17) is 18.9 Å².